The van der Waals surface area contributed by atoms with E-state index >= 15 is 0 Å². The molecule has 0 amide bonds. The van der Waals surface area contributed by atoms with E-state index in [9.17, 15) is 8.42 Å². The zero-order valence-electron chi connectivity index (χ0n) is 13.1. The number of aryl methyl sites for hydroxylation is 1. The molecule has 2 heterocycles. The number of nitrogens with one attached hydrogen (secondary N) is 1. The fraction of sp³-hybridized carbons (Fsp3) is 0.733. The van der Waals surface area contributed by atoms with Crippen LogP contribution >= 0.6 is 11.3 Å². The van der Waals surface area contributed by atoms with Gasteiger partial charge in [-0.05, 0) is 44.4 Å². The molecule has 0 bridgehead atoms. The third-order valence-electron chi connectivity index (χ3n) is 4.19. The van der Waals surface area contributed by atoms with Gasteiger partial charge >= 0.3 is 0 Å². The van der Waals surface area contributed by atoms with Crippen LogP contribution in [0.5, 0.6) is 0 Å². The summed E-state index contributed by atoms with van der Waals surface area (Å²) in [6, 6.07) is 4.06. The summed E-state index contributed by atoms with van der Waals surface area (Å²) in [4.78, 5) is 1.04. The minimum atomic E-state index is -3.30. The van der Waals surface area contributed by atoms with Crippen LogP contribution in [0.1, 0.15) is 38.0 Å². The highest BCUT2D eigenvalue weighted by Crippen LogP contribution is 2.29. The number of nitrogens with zero attached hydrogens (tertiary/aromatic N) is 1. The molecule has 120 valence electrons. The van der Waals surface area contributed by atoms with Gasteiger partial charge in [0.05, 0.1) is 0 Å². The van der Waals surface area contributed by atoms with E-state index in [0.29, 0.717) is 29.3 Å². The monoisotopic (exact) mass is 330 g/mol. The molecule has 0 spiro atoms. The van der Waals surface area contributed by atoms with Crippen molar-refractivity contribution in [1.82, 2.24) is 9.62 Å². The van der Waals surface area contributed by atoms with Crippen molar-refractivity contribution < 1.29 is 8.42 Å². The number of sulfonamides is 1. The molecule has 2 unspecified atom stereocenters. The first-order valence-corrected chi connectivity index (χ1v) is 10.0. The van der Waals surface area contributed by atoms with Crippen LogP contribution in [0.15, 0.2) is 16.3 Å². The van der Waals surface area contributed by atoms with Crippen LogP contribution in [0, 0.1) is 12.8 Å². The molecule has 1 saturated heterocycles. The predicted molar refractivity (Wildman–Crippen MR) is 88.3 cm³/mol. The van der Waals surface area contributed by atoms with Crippen LogP contribution in [-0.4, -0.2) is 38.4 Å². The first-order valence-electron chi connectivity index (χ1n) is 7.79. The Labute approximate surface area is 132 Å². The quantitative estimate of drug-likeness (QED) is 0.872. The van der Waals surface area contributed by atoms with Gasteiger partial charge in [-0.1, -0.05) is 20.3 Å². The van der Waals surface area contributed by atoms with Gasteiger partial charge < -0.3 is 5.32 Å². The van der Waals surface area contributed by atoms with E-state index in [2.05, 4.69) is 19.2 Å². The largest absolute Gasteiger partial charge is 0.314 e. The molecule has 1 aromatic rings. The Hall–Kier alpha value is -0.430. The minimum absolute atomic E-state index is 0.404. The van der Waals surface area contributed by atoms with Crippen LogP contribution in [0.4, 0.5) is 0 Å². The molecule has 21 heavy (non-hydrogen) atoms. The van der Waals surface area contributed by atoms with Crippen molar-refractivity contribution in [3.8, 4) is 0 Å². The summed E-state index contributed by atoms with van der Waals surface area (Å²) in [7, 11) is -3.30. The van der Waals surface area contributed by atoms with Crippen molar-refractivity contribution in [3.63, 3.8) is 0 Å². The van der Waals surface area contributed by atoms with Gasteiger partial charge in [0.15, 0.2) is 0 Å². The molecule has 2 rings (SSSR count). The molecule has 1 fully saturated rings. The summed E-state index contributed by atoms with van der Waals surface area (Å²) in [6.07, 6.45) is 3.03. The molecule has 0 aliphatic carbocycles. The Morgan fingerprint density at radius 3 is 2.71 bits per heavy atom. The van der Waals surface area contributed by atoms with E-state index in [1.165, 1.54) is 11.3 Å². The van der Waals surface area contributed by atoms with Crippen LogP contribution in [0.3, 0.4) is 0 Å². The van der Waals surface area contributed by atoms with E-state index in [1.54, 1.807) is 10.4 Å². The van der Waals surface area contributed by atoms with Crippen molar-refractivity contribution in [2.45, 2.75) is 50.3 Å². The van der Waals surface area contributed by atoms with Gasteiger partial charge in [0.25, 0.3) is 10.0 Å². The normalized spacial score (nSPS) is 24.3. The third kappa shape index (κ3) is 3.86. The molecular weight excluding hydrogens is 304 g/mol. The van der Waals surface area contributed by atoms with E-state index in [4.69, 9.17) is 0 Å². The standard InChI is InChI=1S/C15H26N2O2S2/c1-4-9-16-14-8-10-17(11-13(14)5-2)21(18,19)15-7-6-12(3)20-15/h6-7,13-14,16H,4-5,8-11H2,1-3H3. The molecule has 2 atom stereocenters. The van der Waals surface area contributed by atoms with Crippen molar-refractivity contribution in [1.29, 1.82) is 0 Å². The summed E-state index contributed by atoms with van der Waals surface area (Å²) in [5, 5.41) is 3.57. The van der Waals surface area contributed by atoms with Crippen molar-refractivity contribution in [3.05, 3.63) is 17.0 Å². The summed E-state index contributed by atoms with van der Waals surface area (Å²) in [5.41, 5.74) is 0. The average molecular weight is 331 g/mol. The lowest BCUT2D eigenvalue weighted by molar-refractivity contribution is 0.202. The summed E-state index contributed by atoms with van der Waals surface area (Å²) in [6.45, 7) is 8.52. The molecule has 4 nitrogen and oxygen atoms in total. The number of hydrogen-bond donors (Lipinski definition) is 1. The highest BCUT2D eigenvalue weighted by Gasteiger charge is 2.34. The van der Waals surface area contributed by atoms with Gasteiger partial charge in [0.2, 0.25) is 0 Å². The van der Waals surface area contributed by atoms with Crippen LogP contribution in [0.25, 0.3) is 0 Å². The summed E-state index contributed by atoms with van der Waals surface area (Å²) < 4.78 is 27.6. The molecular formula is C15H26N2O2S2. The number of hydrogen-bond acceptors (Lipinski definition) is 4. The first kappa shape index (κ1) is 16.9. The molecule has 1 N–H and O–H groups in total. The first-order chi connectivity index (χ1) is 9.98. The third-order valence-corrected chi connectivity index (χ3v) is 7.52. The number of piperidine rings is 1. The predicted octanol–water partition coefficient (Wildman–Crippen LogP) is 2.85. The Morgan fingerprint density at radius 1 is 1.38 bits per heavy atom. The highest BCUT2D eigenvalue weighted by atomic mass is 32.2. The second kappa shape index (κ2) is 7.22. The van der Waals surface area contributed by atoms with Crippen LogP contribution < -0.4 is 5.32 Å². The summed E-state index contributed by atoms with van der Waals surface area (Å²) >= 11 is 1.37. The summed E-state index contributed by atoms with van der Waals surface area (Å²) in [5.74, 6) is 0.404. The van der Waals surface area contributed by atoms with Gasteiger partial charge in [0, 0.05) is 24.0 Å². The second-order valence-corrected chi connectivity index (χ2v) is 9.20. The molecule has 1 aromatic heterocycles. The zero-order chi connectivity index (χ0) is 15.5. The molecule has 1 aliphatic heterocycles. The second-order valence-electron chi connectivity index (χ2n) is 5.75. The molecule has 6 heteroatoms. The van der Waals surface area contributed by atoms with Gasteiger partial charge in [-0.2, -0.15) is 4.31 Å². The van der Waals surface area contributed by atoms with E-state index < -0.39 is 10.0 Å². The van der Waals surface area contributed by atoms with Crippen LogP contribution in [-0.2, 0) is 10.0 Å². The Morgan fingerprint density at radius 2 is 2.14 bits per heavy atom. The Kier molecular flexibility index (Phi) is 5.82. The van der Waals surface area contributed by atoms with Crippen molar-refractivity contribution in [2.75, 3.05) is 19.6 Å². The minimum Gasteiger partial charge on any atom is -0.314 e. The van der Waals surface area contributed by atoms with Gasteiger partial charge in [-0.15, -0.1) is 11.3 Å². The molecule has 1 aliphatic rings. The molecule has 0 saturated carbocycles. The molecule has 0 aromatic carbocycles. The maximum atomic E-state index is 12.7. The van der Waals surface area contributed by atoms with E-state index in [0.717, 1.165) is 30.7 Å². The van der Waals surface area contributed by atoms with Gasteiger partial charge in [-0.25, -0.2) is 8.42 Å². The fourth-order valence-electron chi connectivity index (χ4n) is 2.91. The maximum Gasteiger partial charge on any atom is 0.252 e. The lowest BCUT2D eigenvalue weighted by Crippen LogP contribution is -2.50. The van der Waals surface area contributed by atoms with Crippen molar-refractivity contribution >= 4 is 21.4 Å². The highest BCUT2D eigenvalue weighted by molar-refractivity contribution is 7.91. The Balaban J connectivity index is 2.09. The van der Waals surface area contributed by atoms with Gasteiger partial charge in [-0.3, -0.25) is 0 Å². The number of thiophene rings is 1. The van der Waals surface area contributed by atoms with E-state index in [-0.39, 0.29) is 0 Å². The lowest BCUT2D eigenvalue weighted by atomic mass is 9.91. The SMILES string of the molecule is CCCNC1CCN(S(=O)(=O)c2ccc(C)s2)CC1CC. The fourth-order valence-corrected chi connectivity index (χ4v) is 5.86. The topological polar surface area (TPSA) is 49.4 Å². The maximum absolute atomic E-state index is 12.7. The number of rotatable bonds is 6. The van der Waals surface area contributed by atoms with E-state index in [1.807, 2.05) is 13.0 Å². The molecule has 0 radical (unpaired) electrons. The smallest absolute Gasteiger partial charge is 0.252 e. The van der Waals surface area contributed by atoms with Crippen molar-refractivity contribution in [2.24, 2.45) is 5.92 Å². The lowest BCUT2D eigenvalue weighted by Gasteiger charge is -2.37. The average Bonchev–Trinajstić information content (AvgIpc) is 2.92. The van der Waals surface area contributed by atoms with Crippen LogP contribution in [0.2, 0.25) is 0 Å². The Bertz CT molecular complexity index is 554. The zero-order valence-corrected chi connectivity index (χ0v) is 14.8. The van der Waals surface area contributed by atoms with Gasteiger partial charge in [0.1, 0.15) is 4.21 Å².